The summed E-state index contributed by atoms with van der Waals surface area (Å²) in [7, 11) is 0. The largest absolute Gasteiger partial charge is 0.481 e. The summed E-state index contributed by atoms with van der Waals surface area (Å²) in [5.41, 5.74) is 2.60. The first-order valence-corrected chi connectivity index (χ1v) is 5.14. The Kier molecular flexibility index (Phi) is 2.73. The Morgan fingerprint density at radius 1 is 1.47 bits per heavy atom. The van der Waals surface area contributed by atoms with Crippen molar-refractivity contribution in [3.8, 4) is 0 Å². The van der Waals surface area contributed by atoms with Crippen LogP contribution in [0, 0.1) is 0 Å². The third-order valence-electron chi connectivity index (χ3n) is 2.77. The smallest absolute Gasteiger partial charge is 0.306 e. The number of rotatable bonds is 3. The van der Waals surface area contributed by atoms with Gasteiger partial charge in [-0.1, -0.05) is 0 Å². The third kappa shape index (κ3) is 2.02. The second kappa shape index (κ2) is 4.02. The van der Waals surface area contributed by atoms with Crippen LogP contribution >= 0.6 is 0 Å². The average molecular weight is 210 g/mol. The highest BCUT2D eigenvalue weighted by molar-refractivity contribution is 5.67. The van der Waals surface area contributed by atoms with Crippen LogP contribution in [0.15, 0.2) is 0 Å². The Balaban J connectivity index is 2.20. The van der Waals surface area contributed by atoms with Gasteiger partial charge in [0.05, 0.1) is 12.1 Å². The first kappa shape index (κ1) is 10.2. The van der Waals surface area contributed by atoms with Gasteiger partial charge in [0.25, 0.3) is 0 Å². The molecule has 2 rings (SSSR count). The molecule has 0 saturated carbocycles. The molecule has 1 aromatic rings. The summed E-state index contributed by atoms with van der Waals surface area (Å²) >= 11 is 0. The van der Waals surface area contributed by atoms with Crippen LogP contribution in [0.4, 0.5) is 0 Å². The van der Waals surface area contributed by atoms with Crippen LogP contribution in [0.3, 0.4) is 0 Å². The van der Waals surface area contributed by atoms with E-state index in [1.54, 1.807) is 0 Å². The molecule has 0 aromatic carbocycles. The van der Waals surface area contributed by atoms with Gasteiger partial charge in [-0.25, -0.2) is 0 Å². The van der Waals surface area contributed by atoms with Crippen molar-refractivity contribution < 1.29 is 15.0 Å². The Hall–Kier alpha value is -1.36. The number of nitrogens with zero attached hydrogens (tertiary/aromatic N) is 1. The number of nitrogens with one attached hydrogen (secondary N) is 1. The van der Waals surface area contributed by atoms with Crippen molar-refractivity contribution >= 4 is 5.97 Å². The summed E-state index contributed by atoms with van der Waals surface area (Å²) in [4.78, 5) is 10.5. The molecule has 5 heteroatoms. The Labute approximate surface area is 87.1 Å². The SMILES string of the molecule is O=C(O)C[C@@H](O)c1n[nH]c2c1CCCC2. The molecule has 0 fully saturated rings. The molecule has 3 N–H and O–H groups in total. The van der Waals surface area contributed by atoms with E-state index >= 15 is 0 Å². The van der Waals surface area contributed by atoms with Gasteiger partial charge in [-0.2, -0.15) is 5.10 Å². The fraction of sp³-hybridized carbons (Fsp3) is 0.600. The zero-order valence-electron chi connectivity index (χ0n) is 8.36. The van der Waals surface area contributed by atoms with Gasteiger partial charge in [-0.3, -0.25) is 9.89 Å². The number of aromatic nitrogens is 2. The van der Waals surface area contributed by atoms with Crippen LogP contribution < -0.4 is 0 Å². The van der Waals surface area contributed by atoms with Gasteiger partial charge >= 0.3 is 5.97 Å². The maximum Gasteiger partial charge on any atom is 0.306 e. The number of hydrogen-bond donors (Lipinski definition) is 3. The van der Waals surface area contributed by atoms with Crippen LogP contribution in [-0.4, -0.2) is 26.4 Å². The number of aryl methyl sites for hydroxylation is 1. The molecule has 0 bridgehead atoms. The molecular weight excluding hydrogens is 196 g/mol. The van der Waals surface area contributed by atoms with E-state index in [0.717, 1.165) is 36.9 Å². The molecule has 1 atom stereocenters. The van der Waals surface area contributed by atoms with E-state index in [1.165, 1.54) is 0 Å². The van der Waals surface area contributed by atoms with Gasteiger partial charge in [0.1, 0.15) is 6.10 Å². The summed E-state index contributed by atoms with van der Waals surface area (Å²) in [5, 5.41) is 25.2. The Morgan fingerprint density at radius 2 is 2.20 bits per heavy atom. The number of carboxylic acid groups (broad SMARTS) is 1. The Morgan fingerprint density at radius 3 is 2.93 bits per heavy atom. The molecule has 15 heavy (non-hydrogen) atoms. The molecule has 82 valence electrons. The van der Waals surface area contributed by atoms with Crippen molar-refractivity contribution in [3.63, 3.8) is 0 Å². The maximum atomic E-state index is 10.5. The van der Waals surface area contributed by atoms with Crippen LogP contribution in [0.5, 0.6) is 0 Å². The van der Waals surface area contributed by atoms with E-state index in [-0.39, 0.29) is 6.42 Å². The summed E-state index contributed by atoms with van der Waals surface area (Å²) in [6, 6.07) is 0. The zero-order chi connectivity index (χ0) is 10.8. The van der Waals surface area contributed by atoms with E-state index in [0.29, 0.717) is 5.69 Å². The molecule has 1 aliphatic carbocycles. The quantitative estimate of drug-likeness (QED) is 0.688. The van der Waals surface area contributed by atoms with Crippen molar-refractivity contribution in [1.29, 1.82) is 0 Å². The van der Waals surface area contributed by atoms with Gasteiger partial charge in [-0.05, 0) is 31.2 Å². The van der Waals surface area contributed by atoms with E-state index in [9.17, 15) is 9.90 Å². The molecule has 0 spiro atoms. The van der Waals surface area contributed by atoms with Crippen molar-refractivity contribution in [2.45, 2.75) is 38.2 Å². The van der Waals surface area contributed by atoms with E-state index in [4.69, 9.17) is 5.11 Å². The number of carbonyl (C=O) groups is 1. The number of H-pyrrole nitrogens is 1. The number of carboxylic acids is 1. The molecule has 0 amide bonds. The van der Waals surface area contributed by atoms with Crippen LogP contribution in [-0.2, 0) is 17.6 Å². The molecule has 0 unspecified atom stereocenters. The molecule has 0 radical (unpaired) electrons. The number of aliphatic carboxylic acids is 1. The van der Waals surface area contributed by atoms with E-state index < -0.39 is 12.1 Å². The molecule has 1 aliphatic rings. The van der Waals surface area contributed by atoms with Gasteiger partial charge in [0, 0.05) is 5.69 Å². The Bertz CT molecular complexity index is 373. The standard InChI is InChI=1S/C10H14N2O3/c13-8(5-9(14)15)10-6-3-1-2-4-7(6)11-12-10/h8,13H,1-5H2,(H,11,12)(H,14,15)/t8-/m1/s1. The second-order valence-corrected chi connectivity index (χ2v) is 3.89. The summed E-state index contributed by atoms with van der Waals surface area (Å²) in [5.74, 6) is -1.00. The zero-order valence-corrected chi connectivity index (χ0v) is 8.36. The number of aliphatic hydroxyl groups is 1. The number of fused-ring (bicyclic) bond motifs is 1. The number of hydrogen-bond acceptors (Lipinski definition) is 3. The minimum atomic E-state index is -1.00. The highest BCUT2D eigenvalue weighted by Crippen LogP contribution is 2.27. The first-order chi connectivity index (χ1) is 7.18. The fourth-order valence-corrected chi connectivity index (χ4v) is 2.04. The minimum absolute atomic E-state index is 0.280. The topological polar surface area (TPSA) is 86.2 Å². The predicted octanol–water partition coefficient (Wildman–Crippen LogP) is 0.797. The first-order valence-electron chi connectivity index (χ1n) is 5.14. The lowest BCUT2D eigenvalue weighted by atomic mass is 9.94. The fourth-order valence-electron chi connectivity index (χ4n) is 2.04. The van der Waals surface area contributed by atoms with E-state index in [1.807, 2.05) is 0 Å². The summed E-state index contributed by atoms with van der Waals surface area (Å²) < 4.78 is 0. The van der Waals surface area contributed by atoms with Gasteiger partial charge in [0.2, 0.25) is 0 Å². The van der Waals surface area contributed by atoms with Crippen molar-refractivity contribution in [2.24, 2.45) is 0 Å². The van der Waals surface area contributed by atoms with Gasteiger partial charge in [-0.15, -0.1) is 0 Å². The van der Waals surface area contributed by atoms with Crippen molar-refractivity contribution in [1.82, 2.24) is 10.2 Å². The molecule has 0 aliphatic heterocycles. The lowest BCUT2D eigenvalue weighted by molar-refractivity contribution is -0.139. The maximum absolute atomic E-state index is 10.5. The molecular formula is C10H14N2O3. The lowest BCUT2D eigenvalue weighted by Gasteiger charge is -2.13. The van der Waals surface area contributed by atoms with Crippen LogP contribution in [0.2, 0.25) is 0 Å². The lowest BCUT2D eigenvalue weighted by Crippen LogP contribution is -2.09. The van der Waals surface area contributed by atoms with Gasteiger partial charge in [0.15, 0.2) is 0 Å². The number of aliphatic hydroxyl groups excluding tert-OH is 1. The summed E-state index contributed by atoms with van der Waals surface area (Å²) in [6.45, 7) is 0. The highest BCUT2D eigenvalue weighted by atomic mass is 16.4. The predicted molar refractivity (Wildman–Crippen MR) is 52.4 cm³/mol. The molecule has 0 saturated heterocycles. The minimum Gasteiger partial charge on any atom is -0.481 e. The highest BCUT2D eigenvalue weighted by Gasteiger charge is 2.23. The van der Waals surface area contributed by atoms with Crippen LogP contribution in [0.25, 0.3) is 0 Å². The van der Waals surface area contributed by atoms with Gasteiger partial charge < -0.3 is 10.2 Å². The van der Waals surface area contributed by atoms with Crippen molar-refractivity contribution in [2.75, 3.05) is 0 Å². The third-order valence-corrected chi connectivity index (χ3v) is 2.77. The average Bonchev–Trinajstić information content (AvgIpc) is 2.59. The second-order valence-electron chi connectivity index (χ2n) is 3.89. The molecule has 5 nitrogen and oxygen atoms in total. The summed E-state index contributed by atoms with van der Waals surface area (Å²) in [6.07, 6.45) is 2.78. The van der Waals surface area contributed by atoms with E-state index in [2.05, 4.69) is 10.2 Å². The van der Waals surface area contributed by atoms with Crippen molar-refractivity contribution in [3.05, 3.63) is 17.0 Å². The van der Waals surface area contributed by atoms with Crippen LogP contribution in [0.1, 0.15) is 42.3 Å². The monoisotopic (exact) mass is 210 g/mol. The normalized spacial score (nSPS) is 17.1. The number of aromatic amines is 1. The molecule has 1 heterocycles. The molecule has 1 aromatic heterocycles.